The first-order valence-electron chi connectivity index (χ1n) is 41.9. The Morgan fingerprint density at radius 1 is 0.465 bits per heavy atom. The van der Waals surface area contributed by atoms with Gasteiger partial charge in [-0.2, -0.15) is 0 Å². The van der Waals surface area contributed by atoms with E-state index in [4.69, 9.17) is 49.5 Å². The van der Waals surface area contributed by atoms with E-state index in [9.17, 15) is 24.0 Å². The van der Waals surface area contributed by atoms with Crippen LogP contribution in [0.1, 0.15) is 126 Å². The van der Waals surface area contributed by atoms with E-state index in [1.165, 1.54) is 27.9 Å². The van der Waals surface area contributed by atoms with Crippen LogP contribution in [0.15, 0.2) is 291 Å². The summed E-state index contributed by atoms with van der Waals surface area (Å²) in [5.41, 5.74) is 21.9. The molecule has 0 saturated heterocycles. The summed E-state index contributed by atoms with van der Waals surface area (Å²) >= 11 is 6.35. The fraction of sp³-hybridized carbons (Fsp3) is 0.226. The average Bonchev–Trinajstić information content (AvgIpc) is 0.832. The molecule has 4 aliphatic heterocycles. The molecular weight excluding hydrogens is 1610 g/mol. The number of benzene rings is 8. The van der Waals surface area contributed by atoms with Gasteiger partial charge in [-0.25, -0.2) is 9.97 Å². The van der Waals surface area contributed by atoms with Crippen LogP contribution in [-0.2, 0) is 16.2 Å². The molecule has 4 aliphatic rings. The Hall–Kier alpha value is -14.2. The molecule has 1 unspecified atom stereocenters. The van der Waals surface area contributed by atoms with Crippen molar-refractivity contribution < 1.29 is 61.9 Å². The van der Waals surface area contributed by atoms with E-state index in [-0.39, 0.29) is 17.9 Å². The molecule has 0 aliphatic carbocycles. The quantitative estimate of drug-likeness (QED) is 0.0451. The lowest BCUT2D eigenvalue weighted by molar-refractivity contribution is -0.129. The van der Waals surface area contributed by atoms with Crippen molar-refractivity contribution in [2.75, 3.05) is 94.1 Å². The van der Waals surface area contributed by atoms with Crippen LogP contribution < -0.4 is 43.2 Å². The SMILES string of the molecule is C=Cc1cc(OC)ncc1OCC1=CC=CNC1c1ccccc1Cl.C=Cc1cc(OC)ncc1OCc1cccnc1-c1ccc(OC)cc1.CC(=O)N1CCC(COc2cccc(C)c2C=O)=C(c2ccccc2)C1.CC(=O)N1CCC(c2ccccc2)=C(COc2cccc(C)c2C=O)C1.Cc1cccc(OCC2=C(c3ccccc3)CN(C)CC2)c1C=O. The van der Waals surface area contributed by atoms with Crippen molar-refractivity contribution in [1.29, 1.82) is 0 Å². The topological polar surface area (TPSA) is 220 Å². The van der Waals surface area contributed by atoms with E-state index in [0.717, 1.165) is 140 Å². The third kappa shape index (κ3) is 25.7. The van der Waals surface area contributed by atoms with Gasteiger partial charge in [0.05, 0.1) is 62.1 Å². The summed E-state index contributed by atoms with van der Waals surface area (Å²) in [5, 5.41) is 4.06. The second kappa shape index (κ2) is 47.6. The number of likely N-dealkylation sites (N-methyl/N-ethyl adjacent to an activating group) is 1. The Kier molecular flexibility index (Phi) is 35.0. The molecule has 0 spiro atoms. The number of rotatable bonds is 28. The number of aryl methyl sites for hydroxylation is 3. The molecule has 652 valence electrons. The number of ether oxygens (including phenoxy) is 8. The summed E-state index contributed by atoms with van der Waals surface area (Å²) in [4.78, 5) is 76.6. The summed E-state index contributed by atoms with van der Waals surface area (Å²) in [6.07, 6.45) is 19.5. The lowest BCUT2D eigenvalue weighted by atomic mass is 9.93. The van der Waals surface area contributed by atoms with E-state index >= 15 is 0 Å². The number of amides is 2. The summed E-state index contributed by atoms with van der Waals surface area (Å²) < 4.78 is 45.5. The Bertz CT molecular complexity index is 5790. The zero-order valence-electron chi connectivity index (χ0n) is 73.4. The van der Waals surface area contributed by atoms with Crippen molar-refractivity contribution in [3.63, 3.8) is 0 Å². The Balaban J connectivity index is 0.000000154. The van der Waals surface area contributed by atoms with Crippen molar-refractivity contribution in [3.05, 3.63) is 368 Å². The summed E-state index contributed by atoms with van der Waals surface area (Å²) in [6.45, 7) is 23.1. The van der Waals surface area contributed by atoms with E-state index < -0.39 is 0 Å². The van der Waals surface area contributed by atoms with Crippen LogP contribution in [0.5, 0.6) is 46.3 Å². The molecule has 2 amide bonds. The average molecular weight is 1720 g/mol. The van der Waals surface area contributed by atoms with Crippen LogP contribution in [0, 0.1) is 20.8 Å². The summed E-state index contributed by atoms with van der Waals surface area (Å²) in [5.74, 6) is 5.17. The highest BCUT2D eigenvalue weighted by atomic mass is 35.5. The highest BCUT2D eigenvalue weighted by Crippen LogP contribution is 2.37. The third-order valence-corrected chi connectivity index (χ3v) is 22.5. The van der Waals surface area contributed by atoms with Gasteiger partial charge < -0.3 is 57.9 Å². The number of nitrogens with one attached hydrogen (secondary N) is 1. The number of pyridine rings is 3. The number of aromatic nitrogens is 3. The van der Waals surface area contributed by atoms with Crippen molar-refractivity contribution in [1.82, 2.24) is 35.0 Å². The number of allylic oxidation sites excluding steroid dienone is 2. The van der Waals surface area contributed by atoms with E-state index in [2.05, 4.69) is 93.9 Å². The highest BCUT2D eigenvalue weighted by molar-refractivity contribution is 6.31. The Morgan fingerprint density at radius 2 is 0.921 bits per heavy atom. The van der Waals surface area contributed by atoms with Gasteiger partial charge in [0.1, 0.15) is 67.5 Å². The van der Waals surface area contributed by atoms with Crippen LogP contribution in [-0.4, -0.2) is 154 Å². The number of hydrogen-bond acceptors (Lipinski definition) is 18. The molecule has 3 aromatic heterocycles. The number of aldehydes is 3. The van der Waals surface area contributed by atoms with Gasteiger partial charge in [0, 0.05) is 98.7 Å². The molecule has 0 fully saturated rings. The smallest absolute Gasteiger partial charge is 0.219 e. The molecule has 7 heterocycles. The Labute approximate surface area is 749 Å². The third-order valence-electron chi connectivity index (χ3n) is 22.1. The molecule has 20 nitrogen and oxygen atoms in total. The predicted molar refractivity (Wildman–Crippen MR) is 504 cm³/mol. The van der Waals surface area contributed by atoms with Crippen molar-refractivity contribution in [2.45, 2.75) is 66.5 Å². The van der Waals surface area contributed by atoms with E-state index in [1.54, 1.807) is 78.1 Å². The van der Waals surface area contributed by atoms with Gasteiger partial charge in [0.25, 0.3) is 0 Å². The zero-order valence-corrected chi connectivity index (χ0v) is 74.2. The van der Waals surface area contributed by atoms with Gasteiger partial charge >= 0.3 is 0 Å². The number of hydrogen-bond donors (Lipinski definition) is 1. The lowest BCUT2D eigenvalue weighted by Crippen LogP contribution is -2.36. The number of halogens is 1. The van der Waals surface area contributed by atoms with Gasteiger partial charge in [-0.05, 0) is 192 Å². The van der Waals surface area contributed by atoms with Gasteiger partial charge in [0.2, 0.25) is 23.6 Å². The van der Waals surface area contributed by atoms with E-state index in [0.29, 0.717) is 116 Å². The number of nitrogens with zero attached hydrogens (tertiary/aromatic N) is 6. The fourth-order valence-corrected chi connectivity index (χ4v) is 15.1. The van der Waals surface area contributed by atoms with Crippen molar-refractivity contribution in [3.8, 4) is 57.5 Å². The molecule has 127 heavy (non-hydrogen) atoms. The maximum Gasteiger partial charge on any atom is 0.219 e. The first-order valence-corrected chi connectivity index (χ1v) is 42.3. The molecule has 15 rings (SSSR count). The van der Waals surface area contributed by atoms with Crippen molar-refractivity contribution in [2.24, 2.45) is 0 Å². The maximum absolute atomic E-state index is 11.8. The Morgan fingerprint density at radius 3 is 1.41 bits per heavy atom. The molecule has 8 aromatic carbocycles. The molecule has 21 heteroatoms. The number of carbonyl (C=O) groups excluding carboxylic acids is 5. The largest absolute Gasteiger partial charge is 0.497 e. The molecule has 0 saturated carbocycles. The van der Waals surface area contributed by atoms with Gasteiger partial charge in [-0.3, -0.25) is 29.0 Å². The second-order valence-electron chi connectivity index (χ2n) is 30.4. The summed E-state index contributed by atoms with van der Waals surface area (Å²) in [6, 6.07) is 70.7. The minimum Gasteiger partial charge on any atom is -0.497 e. The van der Waals surface area contributed by atoms with Gasteiger partial charge in [0.15, 0.2) is 18.9 Å². The molecule has 1 N–H and O–H groups in total. The molecule has 0 radical (unpaired) electrons. The van der Waals surface area contributed by atoms with Crippen molar-refractivity contribution >= 4 is 71.1 Å². The summed E-state index contributed by atoms with van der Waals surface area (Å²) in [7, 11) is 6.95. The van der Waals surface area contributed by atoms with Crippen LogP contribution in [0.4, 0.5) is 0 Å². The second-order valence-corrected chi connectivity index (χ2v) is 30.8. The predicted octanol–water partition coefficient (Wildman–Crippen LogP) is 20.7. The first-order chi connectivity index (χ1) is 61.8. The maximum atomic E-state index is 11.8. The molecule has 0 bridgehead atoms. The molecular formula is C106H108ClN7O13. The number of dihydropyridines is 1. The lowest BCUT2D eigenvalue weighted by Gasteiger charge is -2.30. The number of carbonyl (C=O) groups is 5. The zero-order chi connectivity index (χ0) is 90.0. The van der Waals surface area contributed by atoms with Crippen LogP contribution in [0.3, 0.4) is 0 Å². The van der Waals surface area contributed by atoms with Crippen LogP contribution in [0.2, 0.25) is 5.02 Å². The minimum atomic E-state index is -0.0305. The van der Waals surface area contributed by atoms with Crippen LogP contribution in [0.25, 0.3) is 40.1 Å². The highest BCUT2D eigenvalue weighted by Gasteiger charge is 2.27. The monoisotopic (exact) mass is 1720 g/mol. The number of methoxy groups -OCH3 is 3. The van der Waals surface area contributed by atoms with Gasteiger partial charge in [-0.1, -0.05) is 195 Å². The standard InChI is InChI=1S/2C22H23NO3.C21H20N2O3.C21H23NO2.C20H19ClN2O2/c1-16-7-6-10-22(21(16)14-24)26-15-19-13-23(17(2)25)12-11-20(19)18-8-4-3-5-9-18;1-16-7-6-10-22(21(16)14-24)26-15-19-11-12-23(17(2)25)13-20(19)18-8-4-3-5-9-18;1-4-15-12-20(25-3)23-13-19(15)26-14-17-6-5-11-22-21(17)16-7-9-18(24-2)10-8-16;1-16-7-6-10-21(20(16)14-23)24-15-18-11-12-22(2)13-19(18)17-8-4-3-5-9-17;1-3-14-11-19(24-2)23-12-18(14)25-13-15-7-6-10-22-20(15)16-8-4-5-9-17(16)21/h2*3-10,14H,11-13,15H2,1-2H3;4-13H,1,14H2,2-3H3;3-10,14H,11-13,15H2,1-2H3;3-12,20,22H,1,13H2,2H3. The molecule has 11 aromatic rings. The first kappa shape index (κ1) is 93.5. The fourth-order valence-electron chi connectivity index (χ4n) is 14.9. The molecule has 1 atom stereocenters. The van der Waals surface area contributed by atoms with E-state index in [1.807, 2.05) is 207 Å². The van der Waals surface area contributed by atoms with Gasteiger partial charge in [-0.15, -0.1) is 0 Å². The van der Waals surface area contributed by atoms with Crippen LogP contribution >= 0.6 is 11.6 Å². The minimum absolute atomic E-state index is 0.0305. The normalized spacial score (nSPS) is 14.0.